The van der Waals surface area contributed by atoms with Crippen LogP contribution >= 0.6 is 39.3 Å². The molecule has 2 aromatic rings. The molecule has 0 aliphatic heterocycles. The Hall–Kier alpha value is -0.480. The first kappa shape index (κ1) is 15.9. The fraction of sp³-hybridized carbons (Fsp3) is 0.250. The van der Waals surface area contributed by atoms with Crippen LogP contribution in [0.1, 0.15) is 18.9 Å². The van der Waals surface area contributed by atoms with Crippen LogP contribution < -0.4 is 5.32 Å². The smallest absolute Gasteiger partial charge is 0.0410 e. The average Bonchev–Trinajstić information content (AvgIpc) is 2.42. The van der Waals surface area contributed by atoms with Crippen LogP contribution in [-0.4, -0.2) is 6.54 Å². The van der Waals surface area contributed by atoms with Gasteiger partial charge in [0.25, 0.3) is 0 Å². The number of nitrogens with one attached hydrogen (secondary N) is 1. The van der Waals surface area contributed by atoms with Crippen molar-refractivity contribution in [2.24, 2.45) is 0 Å². The van der Waals surface area contributed by atoms with Gasteiger partial charge in [-0.2, -0.15) is 0 Å². The van der Waals surface area contributed by atoms with Crippen molar-refractivity contribution in [1.29, 1.82) is 0 Å². The van der Waals surface area contributed by atoms with E-state index in [9.17, 15) is 0 Å². The molecule has 0 aliphatic carbocycles. The summed E-state index contributed by atoms with van der Waals surface area (Å²) in [7, 11) is 0. The second-order valence-corrected chi connectivity index (χ2v) is 6.96. The molecular formula is C16H17BrClNS. The first-order valence-corrected chi connectivity index (χ1v) is 8.60. The third kappa shape index (κ3) is 4.81. The number of rotatable bonds is 6. The van der Waals surface area contributed by atoms with Gasteiger partial charge in [-0.1, -0.05) is 52.3 Å². The topological polar surface area (TPSA) is 12.0 Å². The predicted octanol–water partition coefficient (Wildman–Crippen LogP) is 5.75. The van der Waals surface area contributed by atoms with Gasteiger partial charge in [0.05, 0.1) is 0 Å². The summed E-state index contributed by atoms with van der Waals surface area (Å²) in [6, 6.07) is 14.4. The minimum absolute atomic E-state index is 0.789. The Morgan fingerprint density at radius 3 is 2.80 bits per heavy atom. The maximum atomic E-state index is 6.11. The van der Waals surface area contributed by atoms with E-state index in [1.165, 1.54) is 15.4 Å². The van der Waals surface area contributed by atoms with E-state index in [-0.39, 0.29) is 0 Å². The van der Waals surface area contributed by atoms with Gasteiger partial charge in [0.15, 0.2) is 0 Å². The fourth-order valence-corrected chi connectivity index (χ4v) is 3.57. The minimum atomic E-state index is 0.789. The highest BCUT2D eigenvalue weighted by atomic mass is 79.9. The molecule has 0 aliphatic rings. The molecule has 0 amide bonds. The molecule has 0 saturated carbocycles. The van der Waals surface area contributed by atoms with Crippen molar-refractivity contribution in [3.05, 3.63) is 57.5 Å². The van der Waals surface area contributed by atoms with Gasteiger partial charge in [0, 0.05) is 25.8 Å². The molecule has 0 saturated heterocycles. The van der Waals surface area contributed by atoms with Gasteiger partial charge in [0.2, 0.25) is 0 Å². The molecule has 0 aromatic heterocycles. The van der Waals surface area contributed by atoms with Crippen molar-refractivity contribution in [1.82, 2.24) is 5.32 Å². The highest BCUT2D eigenvalue weighted by molar-refractivity contribution is 9.10. The van der Waals surface area contributed by atoms with E-state index in [0.29, 0.717) is 0 Å². The Balaban J connectivity index is 2.17. The quantitative estimate of drug-likeness (QED) is 0.649. The Kier molecular flexibility index (Phi) is 6.43. The van der Waals surface area contributed by atoms with E-state index >= 15 is 0 Å². The average molecular weight is 371 g/mol. The van der Waals surface area contributed by atoms with Gasteiger partial charge in [-0.05, 0) is 54.9 Å². The Labute approximate surface area is 138 Å². The van der Waals surface area contributed by atoms with Gasteiger partial charge in [0.1, 0.15) is 0 Å². The highest BCUT2D eigenvalue weighted by Crippen LogP contribution is 2.33. The van der Waals surface area contributed by atoms with Gasteiger partial charge in [-0.3, -0.25) is 0 Å². The van der Waals surface area contributed by atoms with Crippen LogP contribution in [-0.2, 0) is 6.54 Å². The maximum absolute atomic E-state index is 6.11. The molecule has 0 fully saturated rings. The third-order valence-corrected chi connectivity index (χ3v) is 4.62. The van der Waals surface area contributed by atoms with Crippen molar-refractivity contribution < 1.29 is 0 Å². The molecule has 106 valence electrons. The highest BCUT2D eigenvalue weighted by Gasteiger charge is 2.06. The zero-order chi connectivity index (χ0) is 14.4. The van der Waals surface area contributed by atoms with Gasteiger partial charge >= 0.3 is 0 Å². The normalized spacial score (nSPS) is 10.8. The van der Waals surface area contributed by atoms with Gasteiger partial charge in [-0.15, -0.1) is 0 Å². The SMILES string of the molecule is CCCNCc1cc(Cl)ccc1Sc1cccc(Br)c1. The van der Waals surface area contributed by atoms with Crippen molar-refractivity contribution in [2.45, 2.75) is 29.7 Å². The van der Waals surface area contributed by atoms with Gasteiger partial charge in [-0.25, -0.2) is 0 Å². The van der Waals surface area contributed by atoms with Crippen LogP contribution in [0, 0.1) is 0 Å². The van der Waals surface area contributed by atoms with Crippen LogP contribution in [0.5, 0.6) is 0 Å². The Morgan fingerprint density at radius 1 is 1.20 bits per heavy atom. The molecule has 2 rings (SSSR count). The molecule has 2 aromatic carbocycles. The molecule has 0 bridgehead atoms. The second kappa shape index (κ2) is 8.08. The predicted molar refractivity (Wildman–Crippen MR) is 91.7 cm³/mol. The van der Waals surface area contributed by atoms with E-state index in [0.717, 1.165) is 29.0 Å². The van der Waals surface area contributed by atoms with E-state index in [2.05, 4.69) is 52.4 Å². The van der Waals surface area contributed by atoms with E-state index in [4.69, 9.17) is 11.6 Å². The summed E-state index contributed by atoms with van der Waals surface area (Å²) >= 11 is 11.4. The summed E-state index contributed by atoms with van der Waals surface area (Å²) in [6.45, 7) is 4.04. The number of halogens is 2. The van der Waals surface area contributed by atoms with Crippen molar-refractivity contribution in [3.8, 4) is 0 Å². The van der Waals surface area contributed by atoms with E-state index in [1.807, 2.05) is 18.2 Å². The van der Waals surface area contributed by atoms with E-state index < -0.39 is 0 Å². The molecule has 4 heteroatoms. The van der Waals surface area contributed by atoms with Crippen LogP contribution in [0.25, 0.3) is 0 Å². The monoisotopic (exact) mass is 369 g/mol. The Bertz CT molecular complexity index is 574. The van der Waals surface area contributed by atoms with Crippen LogP contribution in [0.15, 0.2) is 56.7 Å². The molecule has 0 unspecified atom stereocenters. The van der Waals surface area contributed by atoms with Crippen LogP contribution in [0.3, 0.4) is 0 Å². The molecule has 1 nitrogen and oxygen atoms in total. The first-order valence-electron chi connectivity index (χ1n) is 6.61. The van der Waals surface area contributed by atoms with E-state index in [1.54, 1.807) is 11.8 Å². The summed E-state index contributed by atoms with van der Waals surface area (Å²) in [5, 5.41) is 4.22. The largest absolute Gasteiger partial charge is 0.313 e. The molecule has 20 heavy (non-hydrogen) atoms. The standard InChI is InChI=1S/C16H17BrClNS/c1-2-8-19-11-12-9-14(18)6-7-16(12)20-15-5-3-4-13(17)10-15/h3-7,9-10,19H,2,8,11H2,1H3. The van der Waals surface area contributed by atoms with Crippen molar-refractivity contribution in [3.63, 3.8) is 0 Å². The fourth-order valence-electron chi connectivity index (χ4n) is 1.84. The summed E-state index contributed by atoms with van der Waals surface area (Å²) in [6.07, 6.45) is 1.13. The number of hydrogen-bond acceptors (Lipinski definition) is 2. The molecule has 0 radical (unpaired) electrons. The lowest BCUT2D eigenvalue weighted by atomic mass is 10.2. The lowest BCUT2D eigenvalue weighted by Crippen LogP contribution is -2.14. The van der Waals surface area contributed by atoms with Gasteiger partial charge < -0.3 is 5.32 Å². The number of hydrogen-bond donors (Lipinski definition) is 1. The Morgan fingerprint density at radius 2 is 2.05 bits per heavy atom. The van der Waals surface area contributed by atoms with Crippen LogP contribution in [0.4, 0.5) is 0 Å². The summed E-state index contributed by atoms with van der Waals surface area (Å²) < 4.78 is 1.10. The summed E-state index contributed by atoms with van der Waals surface area (Å²) in [5.74, 6) is 0. The molecule has 0 spiro atoms. The van der Waals surface area contributed by atoms with Crippen molar-refractivity contribution in [2.75, 3.05) is 6.54 Å². The molecule has 1 N–H and O–H groups in total. The second-order valence-electron chi connectivity index (χ2n) is 4.49. The molecule has 0 heterocycles. The maximum Gasteiger partial charge on any atom is 0.0410 e. The summed E-state index contributed by atoms with van der Waals surface area (Å²) in [4.78, 5) is 2.47. The van der Waals surface area contributed by atoms with Crippen LogP contribution in [0.2, 0.25) is 5.02 Å². The first-order chi connectivity index (χ1) is 9.69. The summed E-state index contributed by atoms with van der Waals surface area (Å²) in [5.41, 5.74) is 1.25. The lowest BCUT2D eigenvalue weighted by molar-refractivity contribution is 0.669. The van der Waals surface area contributed by atoms with Crippen molar-refractivity contribution >= 4 is 39.3 Å². The molecule has 0 atom stereocenters. The zero-order valence-corrected chi connectivity index (χ0v) is 14.5. The lowest BCUT2D eigenvalue weighted by Gasteiger charge is -2.11. The minimum Gasteiger partial charge on any atom is -0.313 e. The zero-order valence-electron chi connectivity index (χ0n) is 11.3. The molecular weight excluding hydrogens is 354 g/mol. The number of benzene rings is 2. The third-order valence-electron chi connectivity index (χ3n) is 2.79.